The Hall–Kier alpha value is -0.940. The molecule has 2 heterocycles. The van der Waals surface area contributed by atoms with Crippen LogP contribution in [0.4, 0.5) is 0 Å². The number of rotatable bonds is 6. The highest BCUT2D eigenvalue weighted by molar-refractivity contribution is 7.89. The van der Waals surface area contributed by atoms with Crippen LogP contribution in [0.5, 0.6) is 0 Å². The zero-order valence-electron chi connectivity index (χ0n) is 12.2. The molecule has 0 radical (unpaired) electrons. The quantitative estimate of drug-likeness (QED) is 0.866. The zero-order chi connectivity index (χ0) is 15.3. The maximum atomic E-state index is 12.0. The van der Waals surface area contributed by atoms with E-state index < -0.39 is 10.0 Å². The number of hydrogen-bond acceptors (Lipinski definition) is 5. The van der Waals surface area contributed by atoms with Gasteiger partial charge in [0.05, 0.1) is 11.3 Å². The minimum absolute atomic E-state index is 0.247. The molecule has 1 fully saturated rings. The summed E-state index contributed by atoms with van der Waals surface area (Å²) in [5, 5.41) is 14.1. The molecule has 2 rings (SSSR count). The number of nitrogens with one attached hydrogen (secondary N) is 1. The van der Waals surface area contributed by atoms with E-state index in [0.717, 1.165) is 24.3 Å². The highest BCUT2D eigenvalue weighted by Gasteiger charge is 2.26. The minimum atomic E-state index is -3.05. The fraction of sp³-hybridized carbons (Fsp3) is 0.643. The molecule has 1 N–H and O–H groups in total. The van der Waals surface area contributed by atoms with E-state index in [9.17, 15) is 8.42 Å². The standard InChI is InChI=1S/C14H21N3O2S2/c1-2-7-21(18,19)17-5-3-13(4-6-17)16-10-14-8-12(9-15)11-20-14/h8,11,13,16H,2-7,10H2,1H3. The van der Waals surface area contributed by atoms with Gasteiger partial charge < -0.3 is 5.32 Å². The second kappa shape index (κ2) is 7.36. The number of thiophene rings is 1. The molecule has 0 aromatic carbocycles. The predicted octanol–water partition coefficient (Wildman–Crippen LogP) is 1.91. The SMILES string of the molecule is CCCS(=O)(=O)N1CCC(NCc2cc(C#N)cs2)CC1. The van der Waals surface area contributed by atoms with Crippen LogP contribution < -0.4 is 5.32 Å². The monoisotopic (exact) mass is 327 g/mol. The van der Waals surface area contributed by atoms with Crippen LogP contribution in [0, 0.1) is 11.3 Å². The van der Waals surface area contributed by atoms with Crippen molar-refractivity contribution >= 4 is 21.4 Å². The second-order valence-corrected chi connectivity index (χ2v) is 8.37. The lowest BCUT2D eigenvalue weighted by molar-refractivity contribution is 0.289. The summed E-state index contributed by atoms with van der Waals surface area (Å²) in [4.78, 5) is 1.15. The van der Waals surface area contributed by atoms with Gasteiger partial charge >= 0.3 is 0 Å². The molecule has 0 aliphatic carbocycles. The molecule has 1 aromatic rings. The number of nitriles is 1. The number of nitrogens with zero attached hydrogens (tertiary/aromatic N) is 2. The molecular formula is C14H21N3O2S2. The maximum Gasteiger partial charge on any atom is 0.214 e. The molecule has 0 amide bonds. The summed E-state index contributed by atoms with van der Waals surface area (Å²) in [5.41, 5.74) is 0.706. The first-order valence-electron chi connectivity index (χ1n) is 7.24. The van der Waals surface area contributed by atoms with Crippen LogP contribution in [0.15, 0.2) is 11.4 Å². The average Bonchev–Trinajstić information content (AvgIpc) is 2.93. The summed E-state index contributed by atoms with van der Waals surface area (Å²) >= 11 is 1.58. The third-order valence-electron chi connectivity index (χ3n) is 3.66. The highest BCUT2D eigenvalue weighted by atomic mass is 32.2. The van der Waals surface area contributed by atoms with Crippen LogP contribution in [-0.4, -0.2) is 37.6 Å². The Kier molecular flexibility index (Phi) is 5.76. The van der Waals surface area contributed by atoms with Gasteiger partial charge in [-0.2, -0.15) is 5.26 Å². The van der Waals surface area contributed by atoms with Crippen LogP contribution in [0.2, 0.25) is 0 Å². The van der Waals surface area contributed by atoms with Gasteiger partial charge in [0.1, 0.15) is 6.07 Å². The van der Waals surface area contributed by atoms with Gasteiger partial charge in [0.25, 0.3) is 0 Å². The zero-order valence-corrected chi connectivity index (χ0v) is 13.8. The van der Waals surface area contributed by atoms with Gasteiger partial charge in [0, 0.05) is 35.9 Å². The van der Waals surface area contributed by atoms with Crippen LogP contribution in [0.1, 0.15) is 36.6 Å². The van der Waals surface area contributed by atoms with Crippen molar-refractivity contribution in [1.29, 1.82) is 5.26 Å². The van der Waals surface area contributed by atoms with Gasteiger partial charge in [0.2, 0.25) is 10.0 Å². The van der Waals surface area contributed by atoms with Gasteiger partial charge in [0.15, 0.2) is 0 Å². The Bertz CT molecular complexity index is 596. The molecule has 0 spiro atoms. The molecule has 0 atom stereocenters. The third kappa shape index (κ3) is 4.51. The largest absolute Gasteiger partial charge is 0.309 e. The second-order valence-electron chi connectivity index (χ2n) is 5.28. The molecule has 0 unspecified atom stereocenters. The Morgan fingerprint density at radius 2 is 2.19 bits per heavy atom. The summed E-state index contributed by atoms with van der Waals surface area (Å²) in [7, 11) is -3.05. The van der Waals surface area contributed by atoms with Gasteiger partial charge in [-0.05, 0) is 25.3 Å². The lowest BCUT2D eigenvalue weighted by Crippen LogP contribution is -2.45. The number of piperidine rings is 1. The highest BCUT2D eigenvalue weighted by Crippen LogP contribution is 2.17. The lowest BCUT2D eigenvalue weighted by Gasteiger charge is -2.31. The molecule has 1 aliphatic rings. The van der Waals surface area contributed by atoms with Crippen molar-refractivity contribution < 1.29 is 8.42 Å². The Balaban J connectivity index is 1.78. The maximum absolute atomic E-state index is 12.0. The fourth-order valence-corrected chi connectivity index (χ4v) is 4.80. The van der Waals surface area contributed by atoms with Crippen LogP contribution in [0.25, 0.3) is 0 Å². The summed E-state index contributed by atoms with van der Waals surface area (Å²) in [6, 6.07) is 4.38. The van der Waals surface area contributed by atoms with E-state index in [4.69, 9.17) is 5.26 Å². The molecule has 1 aromatic heterocycles. The average molecular weight is 327 g/mol. The van der Waals surface area contributed by atoms with Crippen LogP contribution in [0.3, 0.4) is 0 Å². The van der Waals surface area contributed by atoms with E-state index in [1.165, 1.54) is 0 Å². The molecular weight excluding hydrogens is 306 g/mol. The topological polar surface area (TPSA) is 73.2 Å². The van der Waals surface area contributed by atoms with E-state index in [1.807, 2.05) is 18.4 Å². The van der Waals surface area contributed by atoms with Crippen LogP contribution >= 0.6 is 11.3 Å². The molecule has 7 heteroatoms. The molecule has 1 saturated heterocycles. The summed E-state index contributed by atoms with van der Waals surface area (Å²) in [6.07, 6.45) is 2.36. The molecule has 0 saturated carbocycles. The van der Waals surface area contributed by atoms with Crippen LogP contribution in [-0.2, 0) is 16.6 Å². The Labute approximate surface area is 130 Å². The Morgan fingerprint density at radius 3 is 2.76 bits per heavy atom. The summed E-state index contributed by atoms with van der Waals surface area (Å²) in [5.74, 6) is 0.247. The van der Waals surface area contributed by atoms with Crippen molar-refractivity contribution in [2.75, 3.05) is 18.8 Å². The van der Waals surface area contributed by atoms with Crippen molar-refractivity contribution in [3.05, 3.63) is 21.9 Å². The smallest absolute Gasteiger partial charge is 0.214 e. The third-order valence-corrected chi connectivity index (χ3v) is 6.67. The minimum Gasteiger partial charge on any atom is -0.309 e. The van der Waals surface area contributed by atoms with Gasteiger partial charge in [-0.15, -0.1) is 11.3 Å². The number of hydrogen-bond donors (Lipinski definition) is 1. The first-order chi connectivity index (χ1) is 10.0. The van der Waals surface area contributed by atoms with Crippen molar-refractivity contribution in [2.45, 2.75) is 38.8 Å². The van der Waals surface area contributed by atoms with Gasteiger partial charge in [-0.1, -0.05) is 6.92 Å². The summed E-state index contributed by atoms with van der Waals surface area (Å²) in [6.45, 7) is 3.85. The lowest BCUT2D eigenvalue weighted by atomic mass is 10.1. The molecule has 5 nitrogen and oxygen atoms in total. The van der Waals surface area contributed by atoms with Gasteiger partial charge in [-0.3, -0.25) is 0 Å². The fourth-order valence-electron chi connectivity index (χ4n) is 2.50. The first-order valence-corrected chi connectivity index (χ1v) is 9.72. The first kappa shape index (κ1) is 16.4. The van der Waals surface area contributed by atoms with E-state index in [2.05, 4.69) is 11.4 Å². The molecule has 116 valence electrons. The summed E-state index contributed by atoms with van der Waals surface area (Å²) < 4.78 is 25.6. The molecule has 21 heavy (non-hydrogen) atoms. The molecule has 0 bridgehead atoms. The Morgan fingerprint density at radius 1 is 1.48 bits per heavy atom. The van der Waals surface area contributed by atoms with Crippen molar-refractivity contribution in [2.24, 2.45) is 0 Å². The van der Waals surface area contributed by atoms with Crippen molar-refractivity contribution in [1.82, 2.24) is 9.62 Å². The normalized spacial score (nSPS) is 17.7. The van der Waals surface area contributed by atoms with Gasteiger partial charge in [-0.25, -0.2) is 12.7 Å². The molecule has 1 aliphatic heterocycles. The van der Waals surface area contributed by atoms with E-state index >= 15 is 0 Å². The van der Waals surface area contributed by atoms with Crippen molar-refractivity contribution in [3.63, 3.8) is 0 Å². The van der Waals surface area contributed by atoms with E-state index in [1.54, 1.807) is 15.6 Å². The van der Waals surface area contributed by atoms with E-state index in [-0.39, 0.29) is 5.75 Å². The van der Waals surface area contributed by atoms with Crippen molar-refractivity contribution in [3.8, 4) is 6.07 Å². The number of sulfonamides is 1. The van der Waals surface area contributed by atoms with E-state index in [0.29, 0.717) is 31.1 Å². The predicted molar refractivity (Wildman–Crippen MR) is 84.5 cm³/mol.